The van der Waals surface area contributed by atoms with Crippen molar-refractivity contribution in [3.63, 3.8) is 0 Å². The fraction of sp³-hybridized carbons (Fsp3) is 0.538. The Morgan fingerprint density at radius 3 is 2.21 bits per heavy atom. The first-order valence-electron chi connectivity index (χ1n) is 6.37. The number of nitrogens with zero attached hydrogens (tertiary/aromatic N) is 1. The third kappa shape index (κ3) is 3.13. The Kier molecular flexibility index (Phi) is 4.39. The molecule has 0 aliphatic heterocycles. The quantitative estimate of drug-likeness (QED) is 0.818. The number of aryl methyl sites for hydroxylation is 1. The first-order chi connectivity index (χ1) is 8.48. The number of pyridine rings is 1. The van der Waals surface area contributed by atoms with Crippen molar-refractivity contribution in [3.05, 3.63) is 23.5 Å². The Hall–Kier alpha value is -0.978. The van der Waals surface area contributed by atoms with Crippen molar-refractivity contribution in [1.82, 2.24) is 4.98 Å². The van der Waals surface area contributed by atoms with E-state index >= 15 is 0 Å². The van der Waals surface area contributed by atoms with Crippen LogP contribution in [0.5, 0.6) is 0 Å². The molecule has 1 rings (SSSR count). The SMILES string of the molecule is Cc1ccc(B(O)O)c(C(=O)[Si](C)(C)C(C)(C)C)n1. The molecule has 0 aliphatic carbocycles. The van der Waals surface area contributed by atoms with Crippen LogP contribution in [0.3, 0.4) is 0 Å². The molecule has 0 unspecified atom stereocenters. The van der Waals surface area contributed by atoms with Gasteiger partial charge in [0.05, 0.1) is 0 Å². The molecule has 0 atom stereocenters. The lowest BCUT2D eigenvalue weighted by atomic mass is 9.79. The standard InChI is InChI=1S/C13H22BNO3Si/c1-9-7-8-10(14(17)18)11(15-9)12(16)19(5,6)13(2,3)4/h7-8,17-18H,1-6H3. The molecule has 2 N–H and O–H groups in total. The minimum Gasteiger partial charge on any atom is -0.423 e. The van der Waals surface area contributed by atoms with E-state index in [1.54, 1.807) is 19.1 Å². The molecule has 4 nitrogen and oxygen atoms in total. The summed E-state index contributed by atoms with van der Waals surface area (Å²) in [6, 6.07) is 3.24. The molecule has 1 aromatic rings. The second-order valence-electron chi connectivity index (χ2n) is 6.47. The van der Waals surface area contributed by atoms with Gasteiger partial charge in [0.25, 0.3) is 0 Å². The van der Waals surface area contributed by atoms with Crippen LogP contribution in [0.15, 0.2) is 12.1 Å². The minimum atomic E-state index is -2.27. The van der Waals surface area contributed by atoms with Crippen LogP contribution in [0.4, 0.5) is 0 Å². The summed E-state index contributed by atoms with van der Waals surface area (Å²) in [6.07, 6.45) is 0. The predicted octanol–water partition coefficient (Wildman–Crippen LogP) is 1.30. The maximum atomic E-state index is 12.8. The third-order valence-corrected chi connectivity index (χ3v) is 9.12. The van der Waals surface area contributed by atoms with Gasteiger partial charge < -0.3 is 10.0 Å². The molecule has 1 heterocycles. The third-order valence-electron chi connectivity index (χ3n) is 4.00. The van der Waals surface area contributed by atoms with Crippen molar-refractivity contribution in [3.8, 4) is 0 Å². The monoisotopic (exact) mass is 279 g/mol. The summed E-state index contributed by atoms with van der Waals surface area (Å²) in [5.41, 5.74) is 1.11. The van der Waals surface area contributed by atoms with Crippen molar-refractivity contribution in [2.75, 3.05) is 0 Å². The van der Waals surface area contributed by atoms with Crippen LogP contribution in [0.25, 0.3) is 0 Å². The van der Waals surface area contributed by atoms with Gasteiger partial charge in [-0.05, 0) is 18.0 Å². The summed E-state index contributed by atoms with van der Waals surface area (Å²) in [5, 5.41) is 18.6. The van der Waals surface area contributed by atoms with E-state index in [2.05, 4.69) is 4.98 Å². The van der Waals surface area contributed by atoms with E-state index in [4.69, 9.17) is 0 Å². The molecule has 0 fully saturated rings. The van der Waals surface area contributed by atoms with Crippen molar-refractivity contribution >= 4 is 26.1 Å². The highest BCUT2D eigenvalue weighted by molar-refractivity contribution is 7.08. The van der Waals surface area contributed by atoms with Crippen LogP contribution in [0.1, 0.15) is 37.0 Å². The lowest BCUT2D eigenvalue weighted by molar-refractivity contribution is 0.106. The van der Waals surface area contributed by atoms with Gasteiger partial charge in [-0.2, -0.15) is 0 Å². The van der Waals surface area contributed by atoms with Crippen molar-refractivity contribution in [2.45, 2.75) is 45.8 Å². The average Bonchev–Trinajstić information content (AvgIpc) is 2.25. The Balaban J connectivity index is 3.38. The summed E-state index contributed by atoms with van der Waals surface area (Å²) >= 11 is 0. The van der Waals surface area contributed by atoms with Gasteiger partial charge in [-0.15, -0.1) is 0 Å². The molecule has 0 radical (unpaired) electrons. The molecule has 0 saturated carbocycles. The van der Waals surface area contributed by atoms with Crippen molar-refractivity contribution < 1.29 is 14.8 Å². The molecule has 0 aliphatic rings. The lowest BCUT2D eigenvalue weighted by Gasteiger charge is -2.35. The molecule has 0 spiro atoms. The van der Waals surface area contributed by atoms with Crippen LogP contribution < -0.4 is 5.46 Å². The topological polar surface area (TPSA) is 70.4 Å². The number of hydrogen-bond donors (Lipinski definition) is 2. The average molecular weight is 279 g/mol. The molecule has 0 saturated heterocycles. The molecular formula is C13H22BNO3Si. The van der Waals surface area contributed by atoms with E-state index in [-0.39, 0.29) is 21.6 Å². The van der Waals surface area contributed by atoms with Crippen LogP contribution >= 0.6 is 0 Å². The fourth-order valence-electron chi connectivity index (χ4n) is 1.59. The van der Waals surface area contributed by atoms with E-state index < -0.39 is 15.2 Å². The summed E-state index contributed by atoms with van der Waals surface area (Å²) in [4.78, 5) is 17.0. The van der Waals surface area contributed by atoms with Crippen LogP contribution in [-0.4, -0.2) is 35.6 Å². The number of carbonyl (C=O) groups is 1. The normalized spacial score (nSPS) is 12.4. The van der Waals surface area contributed by atoms with Gasteiger partial charge in [-0.1, -0.05) is 39.9 Å². The fourth-order valence-corrected chi connectivity index (χ4v) is 3.07. The molecular weight excluding hydrogens is 257 g/mol. The van der Waals surface area contributed by atoms with E-state index in [0.717, 1.165) is 0 Å². The van der Waals surface area contributed by atoms with E-state index in [1.807, 2.05) is 33.9 Å². The van der Waals surface area contributed by atoms with Gasteiger partial charge >= 0.3 is 7.12 Å². The zero-order chi connectivity index (χ0) is 15.0. The summed E-state index contributed by atoms with van der Waals surface area (Å²) < 4.78 is 0. The first-order valence-corrected chi connectivity index (χ1v) is 9.37. The number of aromatic nitrogens is 1. The Bertz CT molecular complexity index is 495. The Morgan fingerprint density at radius 1 is 1.26 bits per heavy atom. The zero-order valence-corrected chi connectivity index (χ0v) is 13.5. The summed E-state index contributed by atoms with van der Waals surface area (Å²) in [7, 11) is -3.94. The molecule has 104 valence electrons. The molecule has 19 heavy (non-hydrogen) atoms. The van der Waals surface area contributed by atoms with Gasteiger partial charge in [0, 0.05) is 11.2 Å². The smallest absolute Gasteiger partial charge is 0.423 e. The Labute approximate surface area is 116 Å². The largest absolute Gasteiger partial charge is 0.490 e. The number of carbonyl (C=O) groups excluding carboxylic acids is 1. The Morgan fingerprint density at radius 2 is 1.79 bits per heavy atom. The molecule has 0 amide bonds. The van der Waals surface area contributed by atoms with E-state index in [0.29, 0.717) is 5.69 Å². The summed E-state index contributed by atoms with van der Waals surface area (Å²) in [6.45, 7) is 11.9. The lowest BCUT2D eigenvalue weighted by Crippen LogP contribution is -2.50. The maximum absolute atomic E-state index is 12.8. The van der Waals surface area contributed by atoms with Crippen LogP contribution in [-0.2, 0) is 0 Å². The van der Waals surface area contributed by atoms with Crippen molar-refractivity contribution in [2.24, 2.45) is 0 Å². The maximum Gasteiger partial charge on any atom is 0.490 e. The molecule has 0 bridgehead atoms. The van der Waals surface area contributed by atoms with Gasteiger partial charge in [0.1, 0.15) is 13.8 Å². The predicted molar refractivity (Wildman–Crippen MR) is 80.3 cm³/mol. The van der Waals surface area contributed by atoms with Gasteiger partial charge in [0.2, 0.25) is 0 Å². The number of rotatable bonds is 3. The van der Waals surface area contributed by atoms with Gasteiger partial charge in [0.15, 0.2) is 5.41 Å². The molecule has 6 heteroatoms. The second-order valence-corrected chi connectivity index (χ2v) is 11.7. The molecule has 0 aromatic carbocycles. The zero-order valence-electron chi connectivity index (χ0n) is 12.5. The first kappa shape index (κ1) is 16.1. The second kappa shape index (κ2) is 5.19. The van der Waals surface area contributed by atoms with Gasteiger partial charge in [-0.3, -0.25) is 9.78 Å². The summed E-state index contributed by atoms with van der Waals surface area (Å²) in [5.74, 6) is 0. The van der Waals surface area contributed by atoms with Gasteiger partial charge in [-0.25, -0.2) is 0 Å². The minimum absolute atomic E-state index is 0.0354. The van der Waals surface area contributed by atoms with Crippen molar-refractivity contribution in [1.29, 1.82) is 0 Å². The number of hydrogen-bond acceptors (Lipinski definition) is 4. The highest BCUT2D eigenvalue weighted by atomic mass is 28.3. The molecule has 1 aromatic heterocycles. The van der Waals surface area contributed by atoms with E-state index in [9.17, 15) is 14.8 Å². The van der Waals surface area contributed by atoms with Crippen LogP contribution in [0, 0.1) is 6.92 Å². The van der Waals surface area contributed by atoms with Crippen LogP contribution in [0.2, 0.25) is 18.1 Å². The highest BCUT2D eigenvalue weighted by Gasteiger charge is 2.44. The van der Waals surface area contributed by atoms with E-state index in [1.165, 1.54) is 0 Å². The highest BCUT2D eigenvalue weighted by Crippen LogP contribution is 2.37.